The lowest BCUT2D eigenvalue weighted by Crippen LogP contribution is -2.48. The molecule has 1 saturated heterocycles. The van der Waals surface area contributed by atoms with Gasteiger partial charge in [0.1, 0.15) is 5.75 Å². The van der Waals surface area contributed by atoms with Gasteiger partial charge in [-0.1, -0.05) is 6.92 Å². The van der Waals surface area contributed by atoms with Crippen molar-refractivity contribution in [2.24, 2.45) is 0 Å². The highest BCUT2D eigenvalue weighted by Gasteiger charge is 2.32. The molecule has 0 bridgehead atoms. The van der Waals surface area contributed by atoms with E-state index in [0.717, 1.165) is 17.7 Å². The Morgan fingerprint density at radius 2 is 1.91 bits per heavy atom. The quantitative estimate of drug-likeness (QED) is 0.834. The van der Waals surface area contributed by atoms with Gasteiger partial charge in [-0.2, -0.15) is 4.31 Å². The summed E-state index contributed by atoms with van der Waals surface area (Å²) in [6.45, 7) is 9.10. The molecular weight excluding hydrogens is 302 g/mol. The second-order valence-electron chi connectivity index (χ2n) is 5.86. The Hall–Kier alpha value is -1.11. The first-order chi connectivity index (χ1) is 10.3. The van der Waals surface area contributed by atoms with Crippen LogP contribution in [-0.4, -0.2) is 44.6 Å². The summed E-state index contributed by atoms with van der Waals surface area (Å²) in [5, 5.41) is 0. The normalized spacial score (nSPS) is 23.5. The van der Waals surface area contributed by atoms with E-state index in [1.807, 2.05) is 27.7 Å². The van der Waals surface area contributed by atoms with Gasteiger partial charge in [0.2, 0.25) is 10.0 Å². The van der Waals surface area contributed by atoms with E-state index in [-0.39, 0.29) is 12.2 Å². The zero-order valence-corrected chi connectivity index (χ0v) is 14.5. The van der Waals surface area contributed by atoms with Gasteiger partial charge in [0.15, 0.2) is 0 Å². The maximum atomic E-state index is 12.8. The van der Waals surface area contributed by atoms with Crippen molar-refractivity contribution >= 4 is 10.0 Å². The lowest BCUT2D eigenvalue weighted by molar-refractivity contribution is -0.0440. The molecular formula is C16H25NO4S. The highest BCUT2D eigenvalue weighted by atomic mass is 32.2. The van der Waals surface area contributed by atoms with Crippen LogP contribution in [0, 0.1) is 6.92 Å². The first kappa shape index (κ1) is 17.2. The third-order valence-electron chi connectivity index (χ3n) is 3.63. The summed E-state index contributed by atoms with van der Waals surface area (Å²) in [7, 11) is -3.49. The maximum Gasteiger partial charge on any atom is 0.243 e. The Balaban J connectivity index is 2.24. The summed E-state index contributed by atoms with van der Waals surface area (Å²) in [5.41, 5.74) is 0.837. The predicted octanol–water partition coefficient (Wildman–Crippen LogP) is 2.58. The molecule has 0 unspecified atom stereocenters. The molecule has 0 amide bonds. The van der Waals surface area contributed by atoms with Crippen LogP contribution in [-0.2, 0) is 14.8 Å². The van der Waals surface area contributed by atoms with Gasteiger partial charge < -0.3 is 9.47 Å². The van der Waals surface area contributed by atoms with Crippen LogP contribution in [0.15, 0.2) is 23.1 Å². The van der Waals surface area contributed by atoms with E-state index in [2.05, 4.69) is 0 Å². The number of morpholine rings is 1. The van der Waals surface area contributed by atoms with Crippen LogP contribution in [0.25, 0.3) is 0 Å². The number of nitrogens with zero attached hydrogens (tertiary/aromatic N) is 1. The number of hydrogen-bond donors (Lipinski definition) is 0. The summed E-state index contributed by atoms with van der Waals surface area (Å²) in [5.74, 6) is 0.740. The van der Waals surface area contributed by atoms with Gasteiger partial charge in [-0.25, -0.2) is 8.42 Å². The third-order valence-corrected chi connectivity index (χ3v) is 5.46. The maximum absolute atomic E-state index is 12.8. The molecule has 1 fully saturated rings. The van der Waals surface area contributed by atoms with E-state index < -0.39 is 10.0 Å². The zero-order valence-electron chi connectivity index (χ0n) is 13.7. The smallest absolute Gasteiger partial charge is 0.243 e. The average Bonchev–Trinajstić information content (AvgIpc) is 2.45. The molecule has 0 radical (unpaired) electrons. The molecule has 2 rings (SSSR count). The predicted molar refractivity (Wildman–Crippen MR) is 85.7 cm³/mol. The molecule has 1 aromatic rings. The highest BCUT2D eigenvalue weighted by Crippen LogP contribution is 2.26. The highest BCUT2D eigenvalue weighted by molar-refractivity contribution is 7.89. The van der Waals surface area contributed by atoms with Gasteiger partial charge in [0.25, 0.3) is 0 Å². The Morgan fingerprint density at radius 3 is 2.45 bits per heavy atom. The second-order valence-corrected chi connectivity index (χ2v) is 7.79. The summed E-state index contributed by atoms with van der Waals surface area (Å²) in [6.07, 6.45) is 0.738. The molecule has 124 valence electrons. The Morgan fingerprint density at radius 1 is 1.27 bits per heavy atom. The molecule has 0 aliphatic carbocycles. The lowest BCUT2D eigenvalue weighted by Gasteiger charge is -2.34. The minimum absolute atomic E-state index is 0.0909. The van der Waals surface area contributed by atoms with Crippen molar-refractivity contribution in [2.75, 3.05) is 19.7 Å². The lowest BCUT2D eigenvalue weighted by atomic mass is 10.2. The van der Waals surface area contributed by atoms with Crippen LogP contribution in [0.1, 0.15) is 32.8 Å². The Kier molecular flexibility index (Phi) is 5.47. The monoisotopic (exact) mass is 327 g/mol. The molecule has 1 aliphatic rings. The zero-order chi connectivity index (χ0) is 16.3. The number of rotatable bonds is 5. The molecule has 0 aromatic heterocycles. The van der Waals surface area contributed by atoms with Crippen molar-refractivity contribution in [1.29, 1.82) is 0 Å². The van der Waals surface area contributed by atoms with E-state index in [1.165, 1.54) is 4.31 Å². The standard InChI is InChI=1S/C16H25NO4S/c1-5-8-20-16-7-6-15(9-12(16)2)22(18,19)17-10-13(3)21-14(4)11-17/h6-7,9,13-14H,5,8,10-11H2,1-4H3/t13-,14-/m0/s1. The fourth-order valence-electron chi connectivity index (χ4n) is 2.63. The van der Waals surface area contributed by atoms with Crippen LogP contribution in [0.5, 0.6) is 5.75 Å². The minimum atomic E-state index is -3.49. The molecule has 0 spiro atoms. The molecule has 5 nitrogen and oxygen atoms in total. The number of hydrogen-bond acceptors (Lipinski definition) is 4. The van der Waals surface area contributed by atoms with Crippen molar-refractivity contribution < 1.29 is 17.9 Å². The third kappa shape index (κ3) is 3.80. The first-order valence-corrected chi connectivity index (χ1v) is 9.17. The molecule has 0 N–H and O–H groups in total. The van der Waals surface area contributed by atoms with Crippen LogP contribution < -0.4 is 4.74 Å². The fraction of sp³-hybridized carbons (Fsp3) is 0.625. The summed E-state index contributed by atoms with van der Waals surface area (Å²) >= 11 is 0. The van der Waals surface area contributed by atoms with Crippen molar-refractivity contribution in [3.63, 3.8) is 0 Å². The Labute approximate surface area is 133 Å². The van der Waals surface area contributed by atoms with E-state index in [9.17, 15) is 8.42 Å². The number of sulfonamides is 1. The SMILES string of the molecule is CCCOc1ccc(S(=O)(=O)N2C[C@H](C)O[C@@H](C)C2)cc1C. The Bertz CT molecular complexity index is 605. The van der Waals surface area contributed by atoms with E-state index in [0.29, 0.717) is 24.6 Å². The molecule has 6 heteroatoms. The minimum Gasteiger partial charge on any atom is -0.493 e. The van der Waals surface area contributed by atoms with E-state index in [4.69, 9.17) is 9.47 Å². The fourth-order valence-corrected chi connectivity index (χ4v) is 4.31. The van der Waals surface area contributed by atoms with Gasteiger partial charge in [0.05, 0.1) is 23.7 Å². The van der Waals surface area contributed by atoms with Crippen LogP contribution >= 0.6 is 0 Å². The van der Waals surface area contributed by atoms with Crippen molar-refractivity contribution in [3.05, 3.63) is 23.8 Å². The number of ether oxygens (including phenoxy) is 2. The largest absolute Gasteiger partial charge is 0.493 e. The van der Waals surface area contributed by atoms with Gasteiger partial charge in [0, 0.05) is 13.1 Å². The summed E-state index contributed by atoms with van der Waals surface area (Å²) < 4.78 is 38.3. The number of aryl methyl sites for hydroxylation is 1. The van der Waals surface area contributed by atoms with Gasteiger partial charge in [-0.15, -0.1) is 0 Å². The van der Waals surface area contributed by atoms with Crippen molar-refractivity contribution in [3.8, 4) is 5.75 Å². The molecule has 0 saturated carbocycles. The van der Waals surface area contributed by atoms with Gasteiger partial charge in [-0.3, -0.25) is 0 Å². The second kappa shape index (κ2) is 6.98. The number of benzene rings is 1. The molecule has 1 aliphatic heterocycles. The van der Waals surface area contributed by atoms with Gasteiger partial charge >= 0.3 is 0 Å². The van der Waals surface area contributed by atoms with Crippen LogP contribution in [0.3, 0.4) is 0 Å². The van der Waals surface area contributed by atoms with Crippen molar-refractivity contribution in [2.45, 2.75) is 51.2 Å². The van der Waals surface area contributed by atoms with E-state index >= 15 is 0 Å². The molecule has 22 heavy (non-hydrogen) atoms. The van der Waals surface area contributed by atoms with E-state index in [1.54, 1.807) is 18.2 Å². The summed E-state index contributed by atoms with van der Waals surface area (Å²) in [6, 6.07) is 5.05. The molecule has 2 atom stereocenters. The molecule has 1 aromatic carbocycles. The average molecular weight is 327 g/mol. The molecule has 1 heterocycles. The van der Waals surface area contributed by atoms with Gasteiger partial charge in [-0.05, 0) is 51.0 Å². The van der Waals surface area contributed by atoms with Crippen molar-refractivity contribution in [1.82, 2.24) is 4.31 Å². The van der Waals surface area contributed by atoms with Crippen LogP contribution in [0.4, 0.5) is 0 Å². The summed E-state index contributed by atoms with van der Waals surface area (Å²) in [4.78, 5) is 0.315. The topological polar surface area (TPSA) is 55.8 Å². The first-order valence-electron chi connectivity index (χ1n) is 7.73. The van der Waals surface area contributed by atoms with Crippen LogP contribution in [0.2, 0.25) is 0 Å².